The third-order valence-corrected chi connectivity index (χ3v) is 2.37. The Balaban J connectivity index is 1.78. The van der Waals surface area contributed by atoms with E-state index in [-0.39, 0.29) is 6.03 Å². The summed E-state index contributed by atoms with van der Waals surface area (Å²) in [5.74, 6) is 0. The van der Waals surface area contributed by atoms with Gasteiger partial charge in [0, 0.05) is 23.7 Å². The Morgan fingerprint density at radius 2 is 2.53 bits per heavy atom. The van der Waals surface area contributed by atoms with Crippen molar-refractivity contribution in [3.05, 3.63) is 35.7 Å². The highest BCUT2D eigenvalue weighted by molar-refractivity contribution is 7.13. The van der Waals surface area contributed by atoms with Gasteiger partial charge < -0.3 is 9.73 Å². The number of nitrogens with one attached hydrogen (secondary N) is 2. The molecule has 0 aliphatic carbocycles. The SMILES string of the molecule is O=C(NCc1ccoc1)Nc1nccs1. The van der Waals surface area contributed by atoms with E-state index >= 15 is 0 Å². The summed E-state index contributed by atoms with van der Waals surface area (Å²) in [6.07, 6.45) is 4.79. The van der Waals surface area contributed by atoms with Crippen molar-refractivity contribution in [1.29, 1.82) is 0 Å². The molecule has 0 saturated heterocycles. The number of aromatic nitrogens is 1. The number of carbonyl (C=O) groups is 1. The molecule has 15 heavy (non-hydrogen) atoms. The van der Waals surface area contributed by atoms with Crippen LogP contribution in [0.3, 0.4) is 0 Å². The summed E-state index contributed by atoms with van der Waals surface area (Å²) in [6.45, 7) is 0.438. The van der Waals surface area contributed by atoms with E-state index < -0.39 is 0 Å². The molecule has 2 heterocycles. The van der Waals surface area contributed by atoms with Gasteiger partial charge in [-0.2, -0.15) is 0 Å². The van der Waals surface area contributed by atoms with Gasteiger partial charge in [-0.05, 0) is 6.07 Å². The maximum absolute atomic E-state index is 11.3. The van der Waals surface area contributed by atoms with Crippen LogP contribution in [0, 0.1) is 0 Å². The number of thiazole rings is 1. The molecule has 0 spiro atoms. The molecule has 2 amide bonds. The molecular formula is C9H9N3O2S. The van der Waals surface area contributed by atoms with E-state index in [1.807, 2.05) is 0 Å². The van der Waals surface area contributed by atoms with Crippen molar-refractivity contribution in [2.45, 2.75) is 6.54 Å². The Hall–Kier alpha value is -1.82. The third kappa shape index (κ3) is 2.81. The van der Waals surface area contributed by atoms with Crippen molar-refractivity contribution in [3.8, 4) is 0 Å². The summed E-state index contributed by atoms with van der Waals surface area (Å²) in [4.78, 5) is 15.2. The van der Waals surface area contributed by atoms with E-state index in [1.165, 1.54) is 11.3 Å². The first-order valence-corrected chi connectivity index (χ1v) is 5.18. The molecule has 0 aliphatic rings. The first kappa shape index (κ1) is 9.72. The topological polar surface area (TPSA) is 67.2 Å². The molecule has 0 bridgehead atoms. The van der Waals surface area contributed by atoms with E-state index in [2.05, 4.69) is 15.6 Å². The van der Waals surface area contributed by atoms with E-state index in [0.29, 0.717) is 11.7 Å². The minimum absolute atomic E-state index is 0.272. The Bertz CT molecular complexity index is 411. The highest BCUT2D eigenvalue weighted by Gasteiger charge is 2.03. The van der Waals surface area contributed by atoms with Crippen LogP contribution < -0.4 is 10.6 Å². The van der Waals surface area contributed by atoms with Crippen molar-refractivity contribution < 1.29 is 9.21 Å². The molecule has 0 fully saturated rings. The average molecular weight is 223 g/mol. The predicted octanol–water partition coefficient (Wildman–Crippen LogP) is 2.06. The average Bonchev–Trinajstić information content (AvgIpc) is 2.86. The molecule has 0 aliphatic heterocycles. The van der Waals surface area contributed by atoms with Gasteiger partial charge in [-0.1, -0.05) is 0 Å². The second-order valence-electron chi connectivity index (χ2n) is 2.78. The smallest absolute Gasteiger partial charge is 0.321 e. The molecule has 2 N–H and O–H groups in total. The molecular weight excluding hydrogens is 214 g/mol. The Morgan fingerprint density at radius 3 is 3.20 bits per heavy atom. The summed E-state index contributed by atoms with van der Waals surface area (Å²) in [5.41, 5.74) is 0.921. The largest absolute Gasteiger partial charge is 0.472 e. The monoisotopic (exact) mass is 223 g/mol. The lowest BCUT2D eigenvalue weighted by molar-refractivity contribution is 0.251. The second kappa shape index (κ2) is 4.61. The summed E-state index contributed by atoms with van der Waals surface area (Å²) in [5, 5.41) is 7.67. The van der Waals surface area contributed by atoms with Crippen LogP contribution >= 0.6 is 11.3 Å². The molecule has 2 rings (SSSR count). The Kier molecular flexibility index (Phi) is 2.99. The molecule has 0 atom stereocenters. The molecule has 5 nitrogen and oxygen atoms in total. The standard InChI is InChI=1S/C9H9N3O2S/c13-8(12-9-10-2-4-15-9)11-5-7-1-3-14-6-7/h1-4,6H,5H2,(H2,10,11,12,13). The number of rotatable bonds is 3. The zero-order chi connectivity index (χ0) is 10.5. The van der Waals surface area contributed by atoms with Crippen LogP contribution in [0.25, 0.3) is 0 Å². The maximum Gasteiger partial charge on any atom is 0.321 e. The summed E-state index contributed by atoms with van der Waals surface area (Å²) >= 11 is 1.37. The van der Waals surface area contributed by atoms with Crippen LogP contribution in [0.2, 0.25) is 0 Å². The number of nitrogens with zero attached hydrogens (tertiary/aromatic N) is 1. The van der Waals surface area contributed by atoms with Crippen molar-refractivity contribution >= 4 is 22.5 Å². The fourth-order valence-corrected chi connectivity index (χ4v) is 1.53. The van der Waals surface area contributed by atoms with E-state index in [4.69, 9.17) is 4.42 Å². The summed E-state index contributed by atoms with van der Waals surface area (Å²) in [6, 6.07) is 1.52. The molecule has 6 heteroatoms. The minimum Gasteiger partial charge on any atom is -0.472 e. The normalized spacial score (nSPS) is 9.87. The van der Waals surface area contributed by atoms with Gasteiger partial charge in [0.15, 0.2) is 5.13 Å². The number of urea groups is 1. The maximum atomic E-state index is 11.3. The fourth-order valence-electron chi connectivity index (χ4n) is 1.00. The van der Waals surface area contributed by atoms with Gasteiger partial charge in [0.05, 0.1) is 12.5 Å². The van der Waals surface area contributed by atoms with Crippen molar-refractivity contribution in [3.63, 3.8) is 0 Å². The second-order valence-corrected chi connectivity index (χ2v) is 3.67. The van der Waals surface area contributed by atoms with E-state index in [1.54, 1.807) is 30.2 Å². The minimum atomic E-state index is -0.272. The molecule has 0 saturated carbocycles. The Morgan fingerprint density at radius 1 is 1.60 bits per heavy atom. The van der Waals surface area contributed by atoms with Crippen LogP contribution in [-0.2, 0) is 6.54 Å². The Labute approximate surface area is 90.1 Å². The van der Waals surface area contributed by atoms with E-state index in [9.17, 15) is 4.79 Å². The molecule has 2 aromatic heterocycles. The lowest BCUT2D eigenvalue weighted by Gasteiger charge is -2.02. The molecule has 0 unspecified atom stereocenters. The van der Waals surface area contributed by atoms with Crippen LogP contribution in [0.4, 0.5) is 9.93 Å². The van der Waals surface area contributed by atoms with Gasteiger partial charge in [0.1, 0.15) is 0 Å². The highest BCUT2D eigenvalue weighted by Crippen LogP contribution is 2.09. The van der Waals surface area contributed by atoms with Gasteiger partial charge in [-0.15, -0.1) is 11.3 Å². The third-order valence-electron chi connectivity index (χ3n) is 1.69. The lowest BCUT2D eigenvalue weighted by atomic mass is 10.3. The predicted molar refractivity (Wildman–Crippen MR) is 56.7 cm³/mol. The zero-order valence-corrected chi connectivity index (χ0v) is 8.58. The first-order chi connectivity index (χ1) is 7.34. The molecule has 0 radical (unpaired) electrons. The number of carbonyl (C=O) groups excluding carboxylic acids is 1. The summed E-state index contributed by atoms with van der Waals surface area (Å²) in [7, 11) is 0. The number of hydrogen-bond acceptors (Lipinski definition) is 4. The molecule has 0 aromatic carbocycles. The van der Waals surface area contributed by atoms with Gasteiger partial charge in [-0.25, -0.2) is 9.78 Å². The molecule has 2 aromatic rings. The van der Waals surface area contributed by atoms with E-state index in [0.717, 1.165) is 5.56 Å². The van der Waals surface area contributed by atoms with Gasteiger partial charge in [0.2, 0.25) is 0 Å². The lowest BCUT2D eigenvalue weighted by Crippen LogP contribution is -2.27. The fraction of sp³-hybridized carbons (Fsp3) is 0.111. The van der Waals surface area contributed by atoms with Gasteiger partial charge >= 0.3 is 6.03 Å². The number of furan rings is 1. The van der Waals surface area contributed by atoms with Gasteiger partial charge in [-0.3, -0.25) is 5.32 Å². The molecule has 78 valence electrons. The van der Waals surface area contributed by atoms with Crippen molar-refractivity contribution in [2.75, 3.05) is 5.32 Å². The van der Waals surface area contributed by atoms with Crippen molar-refractivity contribution in [2.24, 2.45) is 0 Å². The summed E-state index contributed by atoms with van der Waals surface area (Å²) < 4.78 is 4.87. The zero-order valence-electron chi connectivity index (χ0n) is 7.77. The quantitative estimate of drug-likeness (QED) is 0.836. The number of anilines is 1. The van der Waals surface area contributed by atoms with Crippen LogP contribution in [0.15, 0.2) is 34.6 Å². The van der Waals surface area contributed by atoms with Crippen LogP contribution in [0.1, 0.15) is 5.56 Å². The number of hydrogen-bond donors (Lipinski definition) is 2. The first-order valence-electron chi connectivity index (χ1n) is 4.30. The van der Waals surface area contributed by atoms with Crippen LogP contribution in [-0.4, -0.2) is 11.0 Å². The highest BCUT2D eigenvalue weighted by atomic mass is 32.1. The van der Waals surface area contributed by atoms with Crippen molar-refractivity contribution in [1.82, 2.24) is 10.3 Å². The number of amides is 2. The van der Waals surface area contributed by atoms with Crippen LogP contribution in [0.5, 0.6) is 0 Å². The van der Waals surface area contributed by atoms with Gasteiger partial charge in [0.25, 0.3) is 0 Å².